The van der Waals surface area contributed by atoms with Crippen LogP contribution in [0, 0.1) is 6.92 Å². The highest BCUT2D eigenvalue weighted by Crippen LogP contribution is 2.28. The molecule has 1 N–H and O–H groups in total. The van der Waals surface area contributed by atoms with Crippen molar-refractivity contribution in [3.63, 3.8) is 0 Å². The number of carbonyl (C=O) groups is 1. The van der Waals surface area contributed by atoms with E-state index in [2.05, 4.69) is 26.2 Å². The average molecular weight is 437 g/mol. The fourth-order valence-electron chi connectivity index (χ4n) is 2.96. The number of aryl methyl sites for hydroxylation is 1. The second-order valence-electron chi connectivity index (χ2n) is 6.37. The van der Waals surface area contributed by atoms with Gasteiger partial charge < -0.3 is 14.5 Å². The lowest BCUT2D eigenvalue weighted by atomic mass is 10.1. The molecule has 0 aliphatic heterocycles. The van der Waals surface area contributed by atoms with Crippen LogP contribution in [0.2, 0.25) is 0 Å². The van der Waals surface area contributed by atoms with Crippen molar-refractivity contribution in [1.29, 1.82) is 0 Å². The summed E-state index contributed by atoms with van der Waals surface area (Å²) in [6.07, 6.45) is 0. The number of anilines is 1. The number of carbonyl (C=O) groups excluding carboxylic acids is 1. The van der Waals surface area contributed by atoms with E-state index < -0.39 is 0 Å². The van der Waals surface area contributed by atoms with Crippen LogP contribution in [-0.4, -0.2) is 18.0 Å². The monoisotopic (exact) mass is 436 g/mol. The lowest BCUT2D eigenvalue weighted by Gasteiger charge is -2.09. The minimum Gasteiger partial charge on any atom is -0.496 e. The van der Waals surface area contributed by atoms with E-state index in [-0.39, 0.29) is 5.91 Å². The number of oxazole rings is 1. The molecule has 4 aromatic rings. The number of methoxy groups -OCH3 is 1. The molecule has 1 aromatic heterocycles. The van der Waals surface area contributed by atoms with Crippen LogP contribution in [-0.2, 0) is 0 Å². The summed E-state index contributed by atoms with van der Waals surface area (Å²) in [4.78, 5) is 17.3. The van der Waals surface area contributed by atoms with Gasteiger partial charge in [-0.3, -0.25) is 4.79 Å². The van der Waals surface area contributed by atoms with E-state index in [4.69, 9.17) is 9.15 Å². The first-order valence-corrected chi connectivity index (χ1v) is 9.45. The van der Waals surface area contributed by atoms with E-state index in [1.165, 1.54) is 7.11 Å². The summed E-state index contributed by atoms with van der Waals surface area (Å²) >= 11 is 3.38. The minimum absolute atomic E-state index is 0.264. The van der Waals surface area contributed by atoms with E-state index >= 15 is 0 Å². The van der Waals surface area contributed by atoms with Gasteiger partial charge in [-0.2, -0.15) is 0 Å². The molecule has 0 aliphatic carbocycles. The van der Waals surface area contributed by atoms with Crippen LogP contribution >= 0.6 is 15.9 Å². The molecule has 28 heavy (non-hydrogen) atoms. The molecule has 140 valence electrons. The largest absolute Gasteiger partial charge is 0.496 e. The smallest absolute Gasteiger partial charge is 0.259 e. The zero-order valence-corrected chi connectivity index (χ0v) is 16.9. The molecule has 0 aliphatic rings. The number of amides is 1. The van der Waals surface area contributed by atoms with Gasteiger partial charge >= 0.3 is 0 Å². The third-order valence-corrected chi connectivity index (χ3v) is 4.81. The first kappa shape index (κ1) is 18.3. The fraction of sp³-hybridized carbons (Fsp3) is 0.0909. The molecule has 6 heteroatoms. The predicted molar refractivity (Wildman–Crippen MR) is 113 cm³/mol. The maximum atomic E-state index is 12.7. The van der Waals surface area contributed by atoms with Crippen LogP contribution in [0.4, 0.5) is 5.69 Å². The Morgan fingerprint density at radius 2 is 1.96 bits per heavy atom. The first-order chi connectivity index (χ1) is 13.5. The fourth-order valence-corrected chi connectivity index (χ4v) is 3.32. The second kappa shape index (κ2) is 7.48. The maximum Gasteiger partial charge on any atom is 0.259 e. The Labute approximate surface area is 170 Å². The molecular weight excluding hydrogens is 420 g/mol. The van der Waals surface area contributed by atoms with E-state index in [0.29, 0.717) is 34.0 Å². The Morgan fingerprint density at radius 1 is 1.11 bits per heavy atom. The van der Waals surface area contributed by atoms with Crippen molar-refractivity contribution in [1.82, 2.24) is 4.98 Å². The number of nitrogens with zero attached hydrogens (tertiary/aromatic N) is 1. The summed E-state index contributed by atoms with van der Waals surface area (Å²) in [6.45, 7) is 2.02. The van der Waals surface area contributed by atoms with Gasteiger partial charge in [-0.25, -0.2) is 4.98 Å². The standard InChI is InChI=1S/C22H17BrN2O3/c1-13-4-3-5-14(10-13)22-25-18-12-16(7-9-20(18)28-22)24-21(26)17-11-15(23)6-8-19(17)27-2/h3-12H,1-2H3,(H,24,26). The van der Waals surface area contributed by atoms with Crippen LogP contribution in [0.5, 0.6) is 5.75 Å². The summed E-state index contributed by atoms with van der Waals surface area (Å²) in [5, 5.41) is 2.89. The van der Waals surface area contributed by atoms with Crippen molar-refractivity contribution >= 4 is 38.6 Å². The average Bonchev–Trinajstić information content (AvgIpc) is 3.11. The van der Waals surface area contributed by atoms with Crippen LogP contribution in [0.3, 0.4) is 0 Å². The summed E-state index contributed by atoms with van der Waals surface area (Å²) in [6, 6.07) is 18.6. The van der Waals surface area contributed by atoms with E-state index in [0.717, 1.165) is 15.6 Å². The third-order valence-electron chi connectivity index (χ3n) is 4.32. The van der Waals surface area contributed by atoms with Crippen LogP contribution < -0.4 is 10.1 Å². The summed E-state index contributed by atoms with van der Waals surface area (Å²) in [5.41, 5.74) is 4.46. The van der Waals surface area contributed by atoms with Gasteiger partial charge in [-0.1, -0.05) is 33.6 Å². The first-order valence-electron chi connectivity index (χ1n) is 8.66. The number of hydrogen-bond donors (Lipinski definition) is 1. The van der Waals surface area contributed by atoms with E-state index in [1.807, 2.05) is 37.3 Å². The van der Waals surface area contributed by atoms with Gasteiger partial charge in [0, 0.05) is 15.7 Å². The molecule has 0 unspecified atom stereocenters. The second-order valence-corrected chi connectivity index (χ2v) is 7.29. The number of hydrogen-bond acceptors (Lipinski definition) is 4. The molecule has 3 aromatic carbocycles. The van der Waals surface area contributed by atoms with Gasteiger partial charge in [0.25, 0.3) is 5.91 Å². The number of rotatable bonds is 4. The Hall–Kier alpha value is -3.12. The number of benzene rings is 3. The van der Waals surface area contributed by atoms with Crippen LogP contribution in [0.15, 0.2) is 69.6 Å². The van der Waals surface area contributed by atoms with Gasteiger partial charge in [0.15, 0.2) is 5.58 Å². The molecule has 1 amide bonds. The highest BCUT2D eigenvalue weighted by Gasteiger charge is 2.14. The molecule has 0 saturated heterocycles. The Balaban J connectivity index is 1.63. The number of nitrogens with one attached hydrogen (secondary N) is 1. The highest BCUT2D eigenvalue weighted by molar-refractivity contribution is 9.10. The normalized spacial score (nSPS) is 10.8. The van der Waals surface area contributed by atoms with Crippen molar-refractivity contribution in [2.45, 2.75) is 6.92 Å². The lowest BCUT2D eigenvalue weighted by molar-refractivity contribution is 0.102. The van der Waals surface area contributed by atoms with Crippen LogP contribution in [0.25, 0.3) is 22.6 Å². The molecule has 0 bridgehead atoms. The van der Waals surface area contributed by atoms with Crippen LogP contribution in [0.1, 0.15) is 15.9 Å². The molecule has 0 fully saturated rings. The molecule has 1 heterocycles. The van der Waals surface area contributed by atoms with Crippen molar-refractivity contribution < 1.29 is 13.9 Å². The number of fused-ring (bicyclic) bond motifs is 1. The highest BCUT2D eigenvalue weighted by atomic mass is 79.9. The summed E-state index contributed by atoms with van der Waals surface area (Å²) in [5.74, 6) is 0.792. The minimum atomic E-state index is -0.264. The van der Waals surface area contributed by atoms with Crippen molar-refractivity contribution in [2.24, 2.45) is 0 Å². The van der Waals surface area contributed by atoms with Crippen molar-refractivity contribution in [3.8, 4) is 17.2 Å². The topological polar surface area (TPSA) is 64.4 Å². The van der Waals surface area contributed by atoms with Gasteiger partial charge in [-0.05, 0) is 55.5 Å². The number of aromatic nitrogens is 1. The maximum absolute atomic E-state index is 12.7. The number of halogens is 1. The third kappa shape index (κ3) is 3.64. The van der Waals surface area contributed by atoms with Gasteiger partial charge in [0.05, 0.1) is 12.7 Å². The van der Waals surface area contributed by atoms with Gasteiger partial charge in [-0.15, -0.1) is 0 Å². The van der Waals surface area contributed by atoms with Gasteiger partial charge in [0.1, 0.15) is 11.3 Å². The Morgan fingerprint density at radius 3 is 2.75 bits per heavy atom. The summed E-state index contributed by atoms with van der Waals surface area (Å²) < 4.78 is 11.9. The Bertz CT molecular complexity index is 1180. The SMILES string of the molecule is COc1ccc(Br)cc1C(=O)Nc1ccc2oc(-c3cccc(C)c3)nc2c1. The predicted octanol–water partition coefficient (Wildman–Crippen LogP) is 5.83. The van der Waals surface area contributed by atoms with Gasteiger partial charge in [0.2, 0.25) is 5.89 Å². The quantitative estimate of drug-likeness (QED) is 0.437. The van der Waals surface area contributed by atoms with E-state index in [1.54, 1.807) is 30.3 Å². The van der Waals surface area contributed by atoms with E-state index in [9.17, 15) is 4.79 Å². The zero-order valence-electron chi connectivity index (χ0n) is 15.3. The number of ether oxygens (including phenoxy) is 1. The molecular formula is C22H17BrN2O3. The molecule has 4 rings (SSSR count). The zero-order chi connectivity index (χ0) is 19.7. The molecule has 5 nitrogen and oxygen atoms in total. The molecule has 0 radical (unpaired) electrons. The summed E-state index contributed by atoms with van der Waals surface area (Å²) in [7, 11) is 1.54. The van der Waals surface area contributed by atoms with Crippen molar-refractivity contribution in [2.75, 3.05) is 12.4 Å². The van der Waals surface area contributed by atoms with Crippen molar-refractivity contribution in [3.05, 3.63) is 76.3 Å². The molecule has 0 atom stereocenters. The molecule has 0 saturated carbocycles. The molecule has 0 spiro atoms. The lowest BCUT2D eigenvalue weighted by Crippen LogP contribution is -2.13. The Kier molecular flexibility index (Phi) is 4.88.